The Hall–Kier alpha value is -3.73. The summed E-state index contributed by atoms with van der Waals surface area (Å²) in [6.45, 7) is -0.0831. The number of hydrogen-bond acceptors (Lipinski definition) is 6. The van der Waals surface area contributed by atoms with Crippen LogP contribution in [0.3, 0.4) is 0 Å². The van der Waals surface area contributed by atoms with Crippen molar-refractivity contribution < 1.29 is 73.2 Å². The Balaban J connectivity index is 2.10. The van der Waals surface area contributed by atoms with Crippen molar-refractivity contribution in [3.63, 3.8) is 0 Å². The van der Waals surface area contributed by atoms with Gasteiger partial charge in [-0.05, 0) is 43.2 Å². The Labute approximate surface area is 245 Å². The van der Waals surface area contributed by atoms with Gasteiger partial charge in [0.05, 0.1) is 13.2 Å². The van der Waals surface area contributed by atoms with Gasteiger partial charge in [-0.1, -0.05) is 30.3 Å². The lowest BCUT2D eigenvalue weighted by atomic mass is 10.1. The van der Waals surface area contributed by atoms with Crippen molar-refractivity contribution >= 4 is 12.1 Å². The van der Waals surface area contributed by atoms with Crippen LogP contribution in [-0.2, 0) is 20.7 Å². The standard InChI is InChI=1S/C27H28F9NO7/c1-3-41-21(22(38)39)16-18-8-10-19(11-9-18)42-14-12-37(23(40)44-20-7-5-4-6-17(20)2)13-15-43-27(35,36)25(30,31)24(28,29)26(32,33)34/h4-11,21H,3,12-16H2,1-2H3,(H,38,39). The number of benzene rings is 2. The predicted octanol–water partition coefficient (Wildman–Crippen LogP) is 6.35. The first-order valence-corrected chi connectivity index (χ1v) is 12.8. The highest BCUT2D eigenvalue weighted by molar-refractivity contribution is 5.72. The van der Waals surface area contributed by atoms with Gasteiger partial charge in [0.1, 0.15) is 18.1 Å². The second-order valence-electron chi connectivity index (χ2n) is 9.11. The third-order valence-electron chi connectivity index (χ3n) is 5.93. The van der Waals surface area contributed by atoms with Gasteiger partial charge < -0.3 is 29.0 Å². The van der Waals surface area contributed by atoms with E-state index in [1.807, 2.05) is 0 Å². The highest BCUT2D eigenvalue weighted by Crippen LogP contribution is 2.53. The van der Waals surface area contributed by atoms with Gasteiger partial charge in [-0.25, -0.2) is 9.59 Å². The number of amides is 1. The number of hydrogen-bond donors (Lipinski definition) is 1. The Morgan fingerprint density at radius 3 is 2.00 bits per heavy atom. The summed E-state index contributed by atoms with van der Waals surface area (Å²) in [6, 6.07) is 12.0. The molecule has 2 aromatic carbocycles. The lowest BCUT2D eigenvalue weighted by Crippen LogP contribution is -2.62. The minimum atomic E-state index is -7.13. The van der Waals surface area contributed by atoms with Gasteiger partial charge >= 0.3 is 36.2 Å². The van der Waals surface area contributed by atoms with E-state index in [0.717, 1.165) is 0 Å². The summed E-state index contributed by atoms with van der Waals surface area (Å²) in [5.41, 5.74) is 1.04. The minimum Gasteiger partial charge on any atom is -0.492 e. The number of carboxylic acids is 1. The molecule has 1 amide bonds. The molecule has 2 aromatic rings. The number of carbonyl (C=O) groups excluding carboxylic acids is 1. The molecule has 0 saturated carbocycles. The number of halogens is 9. The monoisotopic (exact) mass is 649 g/mol. The second kappa shape index (κ2) is 14.8. The fourth-order valence-corrected chi connectivity index (χ4v) is 3.49. The molecule has 8 nitrogen and oxygen atoms in total. The highest BCUT2D eigenvalue weighted by atomic mass is 19.4. The maximum absolute atomic E-state index is 13.8. The first-order valence-electron chi connectivity index (χ1n) is 12.8. The average molecular weight is 650 g/mol. The molecule has 0 aliphatic rings. The Morgan fingerprint density at radius 2 is 1.45 bits per heavy atom. The van der Waals surface area contributed by atoms with Crippen LogP contribution in [0, 0.1) is 6.92 Å². The molecule has 17 heteroatoms. The second-order valence-corrected chi connectivity index (χ2v) is 9.11. The van der Waals surface area contributed by atoms with Crippen LogP contribution >= 0.6 is 0 Å². The molecular weight excluding hydrogens is 621 g/mol. The predicted molar refractivity (Wildman–Crippen MR) is 134 cm³/mol. The summed E-state index contributed by atoms with van der Waals surface area (Å²) < 4.78 is 137. The Bertz CT molecular complexity index is 1240. The van der Waals surface area contributed by atoms with Gasteiger partial charge in [0.2, 0.25) is 0 Å². The van der Waals surface area contributed by atoms with E-state index in [2.05, 4.69) is 4.74 Å². The van der Waals surface area contributed by atoms with Crippen LogP contribution in [0.4, 0.5) is 44.3 Å². The zero-order chi connectivity index (χ0) is 33.3. The molecule has 246 valence electrons. The number of para-hydroxylation sites is 1. The Kier molecular flexibility index (Phi) is 12.3. The number of alkyl halides is 9. The molecule has 1 atom stereocenters. The maximum Gasteiger partial charge on any atom is 0.460 e. The van der Waals surface area contributed by atoms with Crippen LogP contribution < -0.4 is 9.47 Å². The van der Waals surface area contributed by atoms with Crippen LogP contribution in [-0.4, -0.2) is 85.2 Å². The first kappa shape index (κ1) is 36.5. The lowest BCUT2D eigenvalue weighted by Gasteiger charge is -2.33. The summed E-state index contributed by atoms with van der Waals surface area (Å²) in [5.74, 6) is -15.0. The lowest BCUT2D eigenvalue weighted by molar-refractivity contribution is -0.443. The quantitative estimate of drug-likeness (QED) is 0.212. The van der Waals surface area contributed by atoms with Gasteiger partial charge in [-0.15, -0.1) is 0 Å². The minimum absolute atomic E-state index is 0.0216. The van der Waals surface area contributed by atoms with Crippen molar-refractivity contribution in [1.29, 1.82) is 0 Å². The van der Waals surface area contributed by atoms with Crippen molar-refractivity contribution in [3.05, 3.63) is 59.7 Å². The fraction of sp³-hybridized carbons (Fsp3) is 0.481. The van der Waals surface area contributed by atoms with E-state index in [1.54, 1.807) is 26.0 Å². The van der Waals surface area contributed by atoms with Crippen molar-refractivity contribution in [1.82, 2.24) is 4.90 Å². The largest absolute Gasteiger partial charge is 0.492 e. The van der Waals surface area contributed by atoms with Crippen LogP contribution in [0.2, 0.25) is 0 Å². The van der Waals surface area contributed by atoms with Gasteiger partial charge in [0.25, 0.3) is 0 Å². The summed E-state index contributed by atoms with van der Waals surface area (Å²) >= 11 is 0. The number of ether oxygens (including phenoxy) is 4. The van der Waals surface area contributed by atoms with E-state index in [0.29, 0.717) is 16.0 Å². The molecular formula is C27H28F9NO7. The molecule has 0 saturated heterocycles. The van der Waals surface area contributed by atoms with E-state index in [1.165, 1.54) is 36.4 Å². The molecule has 1 unspecified atom stereocenters. The van der Waals surface area contributed by atoms with Crippen LogP contribution in [0.25, 0.3) is 0 Å². The number of aliphatic carboxylic acids is 1. The summed E-state index contributed by atoms with van der Waals surface area (Å²) in [7, 11) is 0. The number of carboxylic acid groups (broad SMARTS) is 1. The highest BCUT2D eigenvalue weighted by Gasteiger charge is 2.82. The van der Waals surface area contributed by atoms with Crippen LogP contribution in [0.5, 0.6) is 11.5 Å². The van der Waals surface area contributed by atoms with Crippen molar-refractivity contribution in [2.24, 2.45) is 0 Å². The van der Waals surface area contributed by atoms with Crippen molar-refractivity contribution in [2.75, 3.05) is 32.9 Å². The van der Waals surface area contributed by atoms with E-state index in [-0.39, 0.29) is 31.1 Å². The number of carbonyl (C=O) groups is 2. The van der Waals surface area contributed by atoms with Crippen molar-refractivity contribution in [3.8, 4) is 11.5 Å². The SMILES string of the molecule is CCOC(Cc1ccc(OCCN(CCOC(F)(F)C(F)(F)C(F)(F)C(F)(F)F)C(=O)Oc2ccccc2C)cc1)C(=O)O. The van der Waals surface area contributed by atoms with Gasteiger partial charge in [-0.2, -0.15) is 39.5 Å². The molecule has 0 fully saturated rings. The van der Waals surface area contributed by atoms with Crippen molar-refractivity contribution in [2.45, 2.75) is 50.5 Å². The number of aryl methyl sites for hydroxylation is 1. The van der Waals surface area contributed by atoms with Crippen LogP contribution in [0.1, 0.15) is 18.1 Å². The topological polar surface area (TPSA) is 94.5 Å². The molecule has 0 spiro atoms. The molecule has 0 bridgehead atoms. The summed E-state index contributed by atoms with van der Waals surface area (Å²) in [4.78, 5) is 24.6. The number of nitrogens with zero attached hydrogens (tertiary/aromatic N) is 1. The van der Waals surface area contributed by atoms with E-state index in [4.69, 9.17) is 14.2 Å². The molecule has 0 radical (unpaired) electrons. The normalized spacial score (nSPS) is 13.3. The molecule has 0 aliphatic heterocycles. The third-order valence-corrected chi connectivity index (χ3v) is 5.93. The molecule has 0 aromatic heterocycles. The van der Waals surface area contributed by atoms with E-state index >= 15 is 0 Å². The van der Waals surface area contributed by atoms with Crippen LogP contribution in [0.15, 0.2) is 48.5 Å². The number of rotatable bonds is 16. The van der Waals surface area contributed by atoms with Gasteiger partial charge in [0.15, 0.2) is 6.10 Å². The summed E-state index contributed by atoms with van der Waals surface area (Å²) in [5, 5.41) is 9.20. The molecule has 44 heavy (non-hydrogen) atoms. The van der Waals surface area contributed by atoms with Gasteiger partial charge in [0, 0.05) is 19.6 Å². The zero-order valence-electron chi connectivity index (χ0n) is 23.2. The third kappa shape index (κ3) is 9.14. The molecule has 0 heterocycles. The molecule has 0 aliphatic carbocycles. The van der Waals surface area contributed by atoms with E-state index in [9.17, 15) is 54.2 Å². The first-order chi connectivity index (χ1) is 20.3. The summed E-state index contributed by atoms with van der Waals surface area (Å²) in [6.07, 6.45) is -15.6. The fourth-order valence-electron chi connectivity index (χ4n) is 3.49. The smallest absolute Gasteiger partial charge is 0.460 e. The Morgan fingerprint density at radius 1 is 0.864 bits per heavy atom. The zero-order valence-corrected chi connectivity index (χ0v) is 23.2. The molecule has 1 N–H and O–H groups in total. The average Bonchev–Trinajstić information content (AvgIpc) is 2.93. The van der Waals surface area contributed by atoms with E-state index < -0.39 is 62.0 Å². The molecule has 2 rings (SSSR count). The maximum atomic E-state index is 13.8. The van der Waals surface area contributed by atoms with Gasteiger partial charge in [-0.3, -0.25) is 0 Å².